The molecule has 1 aromatic carbocycles. The van der Waals surface area contributed by atoms with Gasteiger partial charge >= 0.3 is 0 Å². The Morgan fingerprint density at radius 2 is 2.05 bits per heavy atom. The average Bonchev–Trinajstić information content (AvgIpc) is 2.49. The van der Waals surface area contributed by atoms with E-state index >= 15 is 0 Å². The lowest BCUT2D eigenvalue weighted by Crippen LogP contribution is -2.39. The Morgan fingerprint density at radius 1 is 1.40 bits per heavy atom. The van der Waals surface area contributed by atoms with Gasteiger partial charge in [-0.15, -0.1) is 0 Å². The molecule has 1 aliphatic heterocycles. The number of carbonyl (C=O) groups excluding carboxylic acids is 1. The van der Waals surface area contributed by atoms with Gasteiger partial charge in [0.2, 0.25) is 5.91 Å². The van der Waals surface area contributed by atoms with Crippen LogP contribution in [0.25, 0.3) is 0 Å². The van der Waals surface area contributed by atoms with Gasteiger partial charge in [-0.2, -0.15) is 0 Å². The second-order valence-corrected chi connectivity index (χ2v) is 5.26. The molecule has 1 saturated heterocycles. The van der Waals surface area contributed by atoms with Crippen molar-refractivity contribution in [3.63, 3.8) is 0 Å². The molecule has 0 aliphatic carbocycles. The quantitative estimate of drug-likeness (QED) is 0.872. The van der Waals surface area contributed by atoms with Gasteiger partial charge in [0.15, 0.2) is 0 Å². The number of nitrogens with one attached hydrogen (secondary N) is 1. The van der Waals surface area contributed by atoms with Crippen LogP contribution < -0.4 is 11.1 Å². The van der Waals surface area contributed by atoms with Gasteiger partial charge in [-0.05, 0) is 25.9 Å². The van der Waals surface area contributed by atoms with Gasteiger partial charge in [-0.1, -0.05) is 18.2 Å². The first-order valence-electron chi connectivity index (χ1n) is 7.06. The molecule has 3 N–H and O–H groups in total. The number of nitrogens with zero attached hydrogens (tertiary/aromatic N) is 1. The maximum Gasteiger partial charge on any atom is 0.222 e. The molecular weight excluding hydrogens is 257 g/mol. The minimum Gasteiger partial charge on any atom is -0.359 e. The van der Waals surface area contributed by atoms with Crippen molar-refractivity contribution in [1.82, 2.24) is 10.2 Å². The van der Waals surface area contributed by atoms with E-state index in [1.165, 1.54) is 0 Å². The number of hydrogen-bond acceptors (Lipinski definition) is 3. The topological polar surface area (TPSA) is 58.4 Å². The Balaban J connectivity index is 1.94. The normalized spacial score (nSPS) is 17.1. The lowest BCUT2D eigenvalue weighted by molar-refractivity contribution is -0.125. The van der Waals surface area contributed by atoms with Crippen LogP contribution in [-0.2, 0) is 17.9 Å². The largest absolute Gasteiger partial charge is 0.359 e. The molecule has 110 valence electrons. The van der Waals surface area contributed by atoms with Gasteiger partial charge < -0.3 is 11.1 Å². The van der Waals surface area contributed by atoms with E-state index in [1.807, 2.05) is 6.07 Å². The predicted molar refractivity (Wildman–Crippen MR) is 76.4 cm³/mol. The number of piperidine rings is 1. The third-order valence-electron chi connectivity index (χ3n) is 3.98. The fourth-order valence-electron chi connectivity index (χ4n) is 2.71. The standard InChI is InChI=1S/C15H22FN3O/c1-18-15(20)11-5-7-19(8-6-11)10-13-4-2-3-12(9-17)14(13)16/h2-4,11H,5-10,17H2,1H3,(H,18,20). The summed E-state index contributed by atoms with van der Waals surface area (Å²) in [5.41, 5.74) is 6.77. The maximum absolute atomic E-state index is 14.1. The van der Waals surface area contributed by atoms with E-state index < -0.39 is 0 Å². The molecule has 0 bridgehead atoms. The van der Waals surface area contributed by atoms with Crippen molar-refractivity contribution in [2.45, 2.75) is 25.9 Å². The third-order valence-corrected chi connectivity index (χ3v) is 3.98. The van der Waals surface area contributed by atoms with Crippen LogP contribution in [0.1, 0.15) is 24.0 Å². The molecule has 20 heavy (non-hydrogen) atoms. The highest BCUT2D eigenvalue weighted by Crippen LogP contribution is 2.21. The van der Waals surface area contributed by atoms with Crippen LogP contribution in [0.4, 0.5) is 4.39 Å². The number of nitrogens with two attached hydrogens (primary N) is 1. The summed E-state index contributed by atoms with van der Waals surface area (Å²) < 4.78 is 14.1. The van der Waals surface area contributed by atoms with Crippen molar-refractivity contribution < 1.29 is 9.18 Å². The molecule has 0 aromatic heterocycles. The Morgan fingerprint density at radius 3 is 2.65 bits per heavy atom. The minimum atomic E-state index is -0.191. The summed E-state index contributed by atoms with van der Waals surface area (Å²) in [7, 11) is 1.67. The van der Waals surface area contributed by atoms with Crippen LogP contribution in [0.5, 0.6) is 0 Å². The Bertz CT molecular complexity index is 470. The third kappa shape index (κ3) is 3.35. The van der Waals surface area contributed by atoms with Gasteiger partial charge in [0.05, 0.1) is 0 Å². The first kappa shape index (κ1) is 14.9. The maximum atomic E-state index is 14.1. The molecule has 0 saturated carbocycles. The minimum absolute atomic E-state index is 0.0940. The molecule has 0 radical (unpaired) electrons. The second-order valence-electron chi connectivity index (χ2n) is 5.26. The lowest BCUT2D eigenvalue weighted by atomic mass is 9.95. The molecular formula is C15H22FN3O. The molecule has 1 aromatic rings. The summed E-state index contributed by atoms with van der Waals surface area (Å²) in [5, 5.41) is 2.69. The van der Waals surface area contributed by atoms with Gasteiger partial charge in [-0.25, -0.2) is 4.39 Å². The summed E-state index contributed by atoms with van der Waals surface area (Å²) in [4.78, 5) is 13.8. The number of likely N-dealkylation sites (tertiary alicyclic amines) is 1. The number of amides is 1. The zero-order valence-electron chi connectivity index (χ0n) is 11.9. The zero-order chi connectivity index (χ0) is 14.5. The van der Waals surface area contributed by atoms with Gasteiger partial charge in [0.1, 0.15) is 5.82 Å². The Labute approximate surface area is 119 Å². The molecule has 0 atom stereocenters. The lowest BCUT2D eigenvalue weighted by Gasteiger charge is -2.31. The summed E-state index contributed by atoms with van der Waals surface area (Å²) in [6, 6.07) is 5.37. The summed E-state index contributed by atoms with van der Waals surface area (Å²) in [5.74, 6) is 0.0147. The molecule has 1 aliphatic rings. The first-order chi connectivity index (χ1) is 9.65. The van der Waals surface area contributed by atoms with E-state index in [4.69, 9.17) is 5.73 Å². The van der Waals surface area contributed by atoms with Crippen LogP contribution >= 0.6 is 0 Å². The Kier molecular flexibility index (Phi) is 5.09. The van der Waals surface area contributed by atoms with Crippen LogP contribution in [0.15, 0.2) is 18.2 Å². The summed E-state index contributed by atoms with van der Waals surface area (Å²) in [6.07, 6.45) is 1.66. The van der Waals surface area contributed by atoms with Gasteiger partial charge in [0.25, 0.3) is 0 Å². The average molecular weight is 279 g/mol. The molecule has 2 rings (SSSR count). The van der Waals surface area contributed by atoms with Gasteiger partial charge in [-0.3, -0.25) is 9.69 Å². The smallest absolute Gasteiger partial charge is 0.222 e. The molecule has 1 fully saturated rings. The fraction of sp³-hybridized carbons (Fsp3) is 0.533. The van der Waals surface area contributed by atoms with Crippen molar-refractivity contribution in [3.8, 4) is 0 Å². The number of halogens is 1. The highest BCUT2D eigenvalue weighted by atomic mass is 19.1. The molecule has 5 heteroatoms. The zero-order valence-corrected chi connectivity index (χ0v) is 11.9. The van der Waals surface area contributed by atoms with Crippen molar-refractivity contribution in [2.75, 3.05) is 20.1 Å². The summed E-state index contributed by atoms with van der Waals surface area (Å²) in [6.45, 7) is 2.45. The number of benzene rings is 1. The summed E-state index contributed by atoms with van der Waals surface area (Å²) >= 11 is 0. The van der Waals surface area contributed by atoms with E-state index in [0.717, 1.165) is 25.9 Å². The first-order valence-corrected chi connectivity index (χ1v) is 7.06. The van der Waals surface area contributed by atoms with Crippen LogP contribution in [0, 0.1) is 11.7 Å². The van der Waals surface area contributed by atoms with E-state index in [0.29, 0.717) is 17.7 Å². The number of hydrogen-bond donors (Lipinski definition) is 2. The van der Waals surface area contributed by atoms with Crippen LogP contribution in [-0.4, -0.2) is 30.9 Å². The fourth-order valence-corrected chi connectivity index (χ4v) is 2.71. The van der Waals surface area contributed by atoms with Crippen molar-refractivity contribution in [3.05, 3.63) is 35.1 Å². The van der Waals surface area contributed by atoms with Gasteiger partial charge in [0, 0.05) is 37.2 Å². The van der Waals surface area contributed by atoms with Crippen molar-refractivity contribution >= 4 is 5.91 Å². The van der Waals surface area contributed by atoms with Crippen LogP contribution in [0.3, 0.4) is 0 Å². The van der Waals surface area contributed by atoms with E-state index in [1.54, 1.807) is 19.2 Å². The highest BCUT2D eigenvalue weighted by Gasteiger charge is 2.24. The Hall–Kier alpha value is -1.46. The van der Waals surface area contributed by atoms with Crippen LogP contribution in [0.2, 0.25) is 0 Å². The SMILES string of the molecule is CNC(=O)C1CCN(Cc2cccc(CN)c2F)CC1. The molecule has 1 amide bonds. The van der Waals surface area contributed by atoms with E-state index in [-0.39, 0.29) is 24.2 Å². The predicted octanol–water partition coefficient (Wildman–Crippen LogP) is 1.24. The number of carbonyl (C=O) groups is 1. The van der Waals surface area contributed by atoms with Crippen molar-refractivity contribution in [1.29, 1.82) is 0 Å². The second kappa shape index (κ2) is 6.81. The molecule has 0 unspecified atom stereocenters. The monoisotopic (exact) mass is 279 g/mol. The molecule has 1 heterocycles. The van der Waals surface area contributed by atoms with Crippen molar-refractivity contribution in [2.24, 2.45) is 11.7 Å². The molecule has 0 spiro atoms. The number of rotatable bonds is 4. The van der Waals surface area contributed by atoms with E-state index in [2.05, 4.69) is 10.2 Å². The van der Waals surface area contributed by atoms with E-state index in [9.17, 15) is 9.18 Å². The highest BCUT2D eigenvalue weighted by molar-refractivity contribution is 5.78. The molecule has 4 nitrogen and oxygen atoms in total.